The lowest BCUT2D eigenvalue weighted by molar-refractivity contribution is -0.133. The molecule has 1 aliphatic heterocycles. The average molecular weight is 276 g/mol. The Hall–Kier alpha value is -1.65. The van der Waals surface area contributed by atoms with Crippen LogP contribution in [-0.4, -0.2) is 47.5 Å². The minimum absolute atomic E-state index is 0.0813. The fourth-order valence-electron chi connectivity index (χ4n) is 2.69. The third kappa shape index (κ3) is 3.68. The Morgan fingerprint density at radius 2 is 1.95 bits per heavy atom. The zero-order valence-electron chi connectivity index (χ0n) is 12.6. The lowest BCUT2D eigenvalue weighted by Gasteiger charge is -2.34. The first-order valence-electron chi connectivity index (χ1n) is 7.35. The molecule has 0 spiro atoms. The molecule has 1 aliphatic rings. The molecule has 5 heteroatoms. The molecule has 0 unspecified atom stereocenters. The fourth-order valence-corrected chi connectivity index (χ4v) is 2.69. The van der Waals surface area contributed by atoms with Crippen LogP contribution in [0, 0.1) is 11.8 Å². The highest BCUT2D eigenvalue weighted by molar-refractivity contribution is 5.77. The molecule has 2 rings (SSSR count). The normalized spacial score (nSPS) is 16.5. The van der Waals surface area contributed by atoms with Crippen LogP contribution in [0.4, 0.5) is 5.95 Å². The maximum absolute atomic E-state index is 11.9. The molecule has 1 saturated heterocycles. The molecule has 0 aliphatic carbocycles. The van der Waals surface area contributed by atoms with E-state index in [0.29, 0.717) is 5.92 Å². The second kappa shape index (κ2) is 6.68. The van der Waals surface area contributed by atoms with Crippen LogP contribution in [0.3, 0.4) is 0 Å². The van der Waals surface area contributed by atoms with Crippen molar-refractivity contribution in [3.05, 3.63) is 18.5 Å². The number of nitrogens with zero attached hydrogens (tertiary/aromatic N) is 4. The van der Waals surface area contributed by atoms with Crippen molar-refractivity contribution >= 4 is 11.9 Å². The zero-order valence-corrected chi connectivity index (χ0v) is 12.6. The van der Waals surface area contributed by atoms with Crippen molar-refractivity contribution in [1.29, 1.82) is 0 Å². The molecule has 0 radical (unpaired) electrons. The van der Waals surface area contributed by atoms with E-state index in [9.17, 15) is 4.79 Å². The van der Waals surface area contributed by atoms with Crippen molar-refractivity contribution in [2.24, 2.45) is 11.8 Å². The summed E-state index contributed by atoms with van der Waals surface area (Å²) in [5.74, 6) is 1.72. The van der Waals surface area contributed by atoms with E-state index in [-0.39, 0.29) is 11.8 Å². The van der Waals surface area contributed by atoms with E-state index in [1.165, 1.54) is 0 Å². The average Bonchev–Trinajstić information content (AvgIpc) is 2.48. The van der Waals surface area contributed by atoms with Crippen molar-refractivity contribution in [3.63, 3.8) is 0 Å². The molecular weight excluding hydrogens is 252 g/mol. The number of carbonyl (C=O) groups is 1. The monoisotopic (exact) mass is 276 g/mol. The molecule has 2 heterocycles. The van der Waals surface area contributed by atoms with Crippen LogP contribution in [0.1, 0.15) is 26.7 Å². The number of piperidine rings is 1. The van der Waals surface area contributed by atoms with Gasteiger partial charge in [-0.15, -0.1) is 0 Å². The van der Waals surface area contributed by atoms with Gasteiger partial charge in [0.05, 0.1) is 0 Å². The van der Waals surface area contributed by atoms with Gasteiger partial charge >= 0.3 is 0 Å². The second-order valence-electron chi connectivity index (χ2n) is 5.85. The highest BCUT2D eigenvalue weighted by Crippen LogP contribution is 2.21. The SMILES string of the molecule is CC(C)C(=O)N(C)CC1CCN(c2ncccn2)CC1. The summed E-state index contributed by atoms with van der Waals surface area (Å²) in [6.07, 6.45) is 5.74. The maximum Gasteiger partial charge on any atom is 0.225 e. The molecule has 0 aromatic carbocycles. The Labute approximate surface area is 121 Å². The second-order valence-corrected chi connectivity index (χ2v) is 5.85. The number of anilines is 1. The molecule has 0 saturated carbocycles. The van der Waals surface area contributed by atoms with E-state index >= 15 is 0 Å². The Kier molecular flexibility index (Phi) is 4.93. The van der Waals surface area contributed by atoms with Gasteiger partial charge in [-0.2, -0.15) is 0 Å². The summed E-state index contributed by atoms with van der Waals surface area (Å²) in [5.41, 5.74) is 0. The molecule has 1 amide bonds. The number of hydrogen-bond donors (Lipinski definition) is 0. The third-order valence-electron chi connectivity index (χ3n) is 3.85. The molecule has 0 atom stereocenters. The van der Waals surface area contributed by atoms with E-state index in [4.69, 9.17) is 0 Å². The Bertz CT molecular complexity index is 427. The summed E-state index contributed by atoms with van der Waals surface area (Å²) in [4.78, 5) is 24.6. The molecule has 5 nitrogen and oxygen atoms in total. The number of amides is 1. The first kappa shape index (κ1) is 14.8. The summed E-state index contributed by atoms with van der Waals surface area (Å²) < 4.78 is 0. The van der Waals surface area contributed by atoms with Crippen LogP contribution < -0.4 is 4.90 Å². The Morgan fingerprint density at radius 3 is 2.50 bits per heavy atom. The van der Waals surface area contributed by atoms with Crippen molar-refractivity contribution in [1.82, 2.24) is 14.9 Å². The van der Waals surface area contributed by atoms with Crippen LogP contribution in [-0.2, 0) is 4.79 Å². The lowest BCUT2D eigenvalue weighted by atomic mass is 9.96. The number of carbonyl (C=O) groups excluding carboxylic acids is 1. The molecular formula is C15H24N4O. The molecule has 0 bridgehead atoms. The maximum atomic E-state index is 11.9. The van der Waals surface area contributed by atoms with Gasteiger partial charge < -0.3 is 9.80 Å². The smallest absolute Gasteiger partial charge is 0.225 e. The quantitative estimate of drug-likeness (QED) is 0.841. The van der Waals surface area contributed by atoms with E-state index < -0.39 is 0 Å². The minimum atomic E-state index is 0.0813. The van der Waals surface area contributed by atoms with Crippen molar-refractivity contribution < 1.29 is 4.79 Å². The van der Waals surface area contributed by atoms with Gasteiger partial charge in [0.2, 0.25) is 11.9 Å². The van der Waals surface area contributed by atoms with Crippen molar-refractivity contribution in [2.45, 2.75) is 26.7 Å². The standard InChI is InChI=1S/C15H24N4O/c1-12(2)14(20)18(3)11-13-5-9-19(10-6-13)15-16-7-4-8-17-15/h4,7-8,12-13H,5-6,9-11H2,1-3H3. The van der Waals surface area contributed by atoms with Crippen LogP contribution >= 0.6 is 0 Å². The number of aromatic nitrogens is 2. The van der Waals surface area contributed by atoms with Gasteiger partial charge in [0, 0.05) is 45.0 Å². The van der Waals surface area contributed by atoms with Crippen LogP contribution in [0.2, 0.25) is 0 Å². The molecule has 20 heavy (non-hydrogen) atoms. The Balaban J connectivity index is 1.81. The highest BCUT2D eigenvalue weighted by atomic mass is 16.2. The summed E-state index contributed by atoms with van der Waals surface area (Å²) in [6.45, 7) is 6.71. The van der Waals surface area contributed by atoms with E-state index in [2.05, 4.69) is 14.9 Å². The summed E-state index contributed by atoms with van der Waals surface area (Å²) in [7, 11) is 1.91. The van der Waals surface area contributed by atoms with Gasteiger partial charge in [-0.1, -0.05) is 13.8 Å². The van der Waals surface area contributed by atoms with E-state index in [1.54, 1.807) is 12.4 Å². The molecule has 110 valence electrons. The summed E-state index contributed by atoms with van der Waals surface area (Å²) in [5, 5.41) is 0. The summed E-state index contributed by atoms with van der Waals surface area (Å²) in [6, 6.07) is 1.84. The fraction of sp³-hybridized carbons (Fsp3) is 0.667. The van der Waals surface area contributed by atoms with Gasteiger partial charge in [-0.25, -0.2) is 9.97 Å². The van der Waals surface area contributed by atoms with E-state index in [0.717, 1.165) is 38.4 Å². The molecule has 1 fully saturated rings. The van der Waals surface area contributed by atoms with Gasteiger partial charge in [0.15, 0.2) is 0 Å². The van der Waals surface area contributed by atoms with E-state index in [1.807, 2.05) is 31.9 Å². The third-order valence-corrected chi connectivity index (χ3v) is 3.85. The number of hydrogen-bond acceptors (Lipinski definition) is 4. The highest BCUT2D eigenvalue weighted by Gasteiger charge is 2.23. The topological polar surface area (TPSA) is 49.3 Å². The zero-order chi connectivity index (χ0) is 14.5. The van der Waals surface area contributed by atoms with Gasteiger partial charge in [0.25, 0.3) is 0 Å². The minimum Gasteiger partial charge on any atom is -0.345 e. The number of rotatable bonds is 4. The lowest BCUT2D eigenvalue weighted by Crippen LogP contribution is -2.41. The molecule has 1 aromatic rings. The van der Waals surface area contributed by atoms with Gasteiger partial charge in [-0.05, 0) is 24.8 Å². The Morgan fingerprint density at radius 1 is 1.35 bits per heavy atom. The van der Waals surface area contributed by atoms with Crippen LogP contribution in [0.15, 0.2) is 18.5 Å². The van der Waals surface area contributed by atoms with Gasteiger partial charge in [-0.3, -0.25) is 4.79 Å². The summed E-state index contributed by atoms with van der Waals surface area (Å²) >= 11 is 0. The predicted octanol–water partition coefficient (Wildman–Crippen LogP) is 1.81. The first-order chi connectivity index (χ1) is 9.58. The van der Waals surface area contributed by atoms with Crippen molar-refractivity contribution in [3.8, 4) is 0 Å². The first-order valence-corrected chi connectivity index (χ1v) is 7.35. The largest absolute Gasteiger partial charge is 0.345 e. The van der Waals surface area contributed by atoms with Gasteiger partial charge in [0.1, 0.15) is 0 Å². The predicted molar refractivity (Wildman–Crippen MR) is 79.4 cm³/mol. The van der Waals surface area contributed by atoms with Crippen molar-refractivity contribution in [2.75, 3.05) is 31.6 Å². The molecule has 0 N–H and O–H groups in total. The molecule has 1 aromatic heterocycles. The van der Waals surface area contributed by atoms with Crippen LogP contribution in [0.25, 0.3) is 0 Å². The van der Waals surface area contributed by atoms with Crippen LogP contribution in [0.5, 0.6) is 0 Å².